The molecule has 2 N–H and O–H groups in total. The van der Waals surface area contributed by atoms with Gasteiger partial charge in [-0.2, -0.15) is 0 Å². The number of carbonyl (C=O) groups is 3. The first kappa shape index (κ1) is 21.7. The molecule has 0 aromatic heterocycles. The predicted molar refractivity (Wildman–Crippen MR) is 86.5 cm³/mol. The fourth-order valence-electron chi connectivity index (χ4n) is 1.42. The van der Waals surface area contributed by atoms with E-state index in [-0.39, 0.29) is 44.2 Å². The van der Waals surface area contributed by atoms with Crippen molar-refractivity contribution >= 4 is 24.0 Å². The van der Waals surface area contributed by atoms with E-state index in [0.29, 0.717) is 12.8 Å². The van der Waals surface area contributed by atoms with Crippen LogP contribution in [0.5, 0.6) is 0 Å². The summed E-state index contributed by atoms with van der Waals surface area (Å²) in [5.41, 5.74) is 0. The third-order valence-corrected chi connectivity index (χ3v) is 2.76. The first-order valence-corrected chi connectivity index (χ1v) is 7.83. The average molecular weight is 345 g/mol. The Hall–Kier alpha value is -2.32. The molecule has 0 saturated heterocycles. The SMILES string of the molecule is CCOC(=O)CN(C)C(=N)NC(=O)OCCCCOC(=O)C(C)C. The van der Waals surface area contributed by atoms with Crippen molar-refractivity contribution in [1.82, 2.24) is 10.2 Å². The van der Waals surface area contributed by atoms with Gasteiger partial charge in [0.1, 0.15) is 6.54 Å². The number of carbonyl (C=O) groups excluding carboxylic acids is 3. The van der Waals surface area contributed by atoms with Crippen LogP contribution in [0.3, 0.4) is 0 Å². The lowest BCUT2D eigenvalue weighted by Gasteiger charge is -2.18. The number of hydrogen-bond acceptors (Lipinski definition) is 7. The van der Waals surface area contributed by atoms with Gasteiger partial charge in [-0.3, -0.25) is 20.3 Å². The van der Waals surface area contributed by atoms with Crippen LogP contribution in [0.15, 0.2) is 0 Å². The Balaban J connectivity index is 3.80. The molecule has 1 amide bonds. The summed E-state index contributed by atoms with van der Waals surface area (Å²) in [4.78, 5) is 35.2. The average Bonchev–Trinajstić information content (AvgIpc) is 2.50. The van der Waals surface area contributed by atoms with Gasteiger partial charge >= 0.3 is 18.0 Å². The van der Waals surface area contributed by atoms with Crippen molar-refractivity contribution in [3.05, 3.63) is 0 Å². The zero-order valence-electron chi connectivity index (χ0n) is 14.7. The van der Waals surface area contributed by atoms with Gasteiger partial charge in [-0.25, -0.2) is 4.79 Å². The summed E-state index contributed by atoms with van der Waals surface area (Å²) in [5, 5.41) is 9.84. The van der Waals surface area contributed by atoms with Crippen LogP contribution < -0.4 is 5.32 Å². The molecule has 0 saturated carbocycles. The summed E-state index contributed by atoms with van der Waals surface area (Å²) in [7, 11) is 1.47. The second-order valence-corrected chi connectivity index (χ2v) is 5.30. The molecule has 0 aliphatic carbocycles. The Labute approximate surface area is 142 Å². The molecule has 0 aromatic rings. The molecule has 0 radical (unpaired) electrons. The van der Waals surface area contributed by atoms with Crippen LogP contribution in [-0.2, 0) is 23.8 Å². The van der Waals surface area contributed by atoms with Gasteiger partial charge in [0, 0.05) is 7.05 Å². The van der Waals surface area contributed by atoms with Gasteiger partial charge in [-0.05, 0) is 19.8 Å². The normalized spacial score (nSPS) is 10.0. The Bertz CT molecular complexity index is 439. The number of alkyl carbamates (subject to hydrolysis) is 1. The van der Waals surface area contributed by atoms with Crippen LogP contribution in [0, 0.1) is 11.3 Å². The van der Waals surface area contributed by atoms with Gasteiger partial charge in [-0.1, -0.05) is 13.8 Å². The van der Waals surface area contributed by atoms with Gasteiger partial charge in [0.25, 0.3) is 0 Å². The highest BCUT2D eigenvalue weighted by atomic mass is 16.6. The summed E-state index contributed by atoms with van der Waals surface area (Å²) >= 11 is 0. The van der Waals surface area contributed by atoms with E-state index < -0.39 is 12.1 Å². The second kappa shape index (κ2) is 12.1. The molecular formula is C15H27N3O6. The van der Waals surface area contributed by atoms with Crippen molar-refractivity contribution in [2.45, 2.75) is 33.6 Å². The zero-order valence-corrected chi connectivity index (χ0v) is 14.7. The first-order valence-electron chi connectivity index (χ1n) is 7.83. The van der Waals surface area contributed by atoms with Gasteiger partial charge in [0.15, 0.2) is 0 Å². The fourth-order valence-corrected chi connectivity index (χ4v) is 1.42. The standard InChI is InChI=1S/C15H27N3O6/c1-5-22-12(19)10-18(4)14(16)17-15(21)24-9-7-6-8-23-13(20)11(2)3/h11H,5-10H2,1-4H3,(H2,16,17,21). The van der Waals surface area contributed by atoms with Crippen LogP contribution in [0.2, 0.25) is 0 Å². The molecular weight excluding hydrogens is 318 g/mol. The van der Waals surface area contributed by atoms with Crippen molar-refractivity contribution in [1.29, 1.82) is 5.41 Å². The number of rotatable bonds is 9. The van der Waals surface area contributed by atoms with E-state index in [4.69, 9.17) is 19.6 Å². The first-order chi connectivity index (χ1) is 11.3. The van der Waals surface area contributed by atoms with Crippen molar-refractivity contribution in [3.63, 3.8) is 0 Å². The fraction of sp³-hybridized carbons (Fsp3) is 0.733. The smallest absolute Gasteiger partial charge is 0.413 e. The third kappa shape index (κ3) is 10.4. The molecule has 0 rings (SSSR count). The molecule has 138 valence electrons. The molecule has 0 aromatic carbocycles. The predicted octanol–water partition coefficient (Wildman–Crippen LogP) is 1.12. The van der Waals surface area contributed by atoms with E-state index in [1.54, 1.807) is 20.8 Å². The lowest BCUT2D eigenvalue weighted by molar-refractivity contribution is -0.147. The zero-order chi connectivity index (χ0) is 18.5. The maximum atomic E-state index is 11.5. The summed E-state index contributed by atoms with van der Waals surface area (Å²) < 4.78 is 14.6. The lowest BCUT2D eigenvalue weighted by atomic mass is 10.2. The van der Waals surface area contributed by atoms with Crippen LogP contribution >= 0.6 is 0 Å². The number of guanidine groups is 1. The molecule has 0 aliphatic rings. The topological polar surface area (TPSA) is 118 Å². The van der Waals surface area contributed by atoms with Crippen LogP contribution in [-0.4, -0.2) is 62.3 Å². The van der Waals surface area contributed by atoms with Gasteiger partial charge in [0.2, 0.25) is 5.96 Å². The Morgan fingerprint density at radius 2 is 1.67 bits per heavy atom. The van der Waals surface area contributed by atoms with E-state index in [2.05, 4.69) is 5.32 Å². The van der Waals surface area contributed by atoms with E-state index in [1.165, 1.54) is 11.9 Å². The Kier molecular flexibility index (Phi) is 11.0. The minimum absolute atomic E-state index is 0.139. The maximum absolute atomic E-state index is 11.5. The van der Waals surface area contributed by atoms with E-state index in [9.17, 15) is 14.4 Å². The van der Waals surface area contributed by atoms with E-state index >= 15 is 0 Å². The number of unbranched alkanes of at least 4 members (excludes halogenated alkanes) is 1. The number of hydrogen-bond donors (Lipinski definition) is 2. The van der Waals surface area contributed by atoms with Crippen LogP contribution in [0.4, 0.5) is 4.79 Å². The maximum Gasteiger partial charge on any atom is 0.413 e. The van der Waals surface area contributed by atoms with Crippen molar-refractivity contribution in [2.24, 2.45) is 5.92 Å². The number of esters is 2. The molecule has 0 unspecified atom stereocenters. The number of amides is 1. The highest BCUT2D eigenvalue weighted by molar-refractivity contribution is 5.93. The summed E-state index contributed by atoms with van der Waals surface area (Å²) in [5.74, 6) is -1.17. The highest BCUT2D eigenvalue weighted by Crippen LogP contribution is 1.98. The van der Waals surface area contributed by atoms with Gasteiger partial charge in [-0.15, -0.1) is 0 Å². The van der Waals surface area contributed by atoms with E-state index in [0.717, 1.165) is 0 Å². The van der Waals surface area contributed by atoms with Gasteiger partial charge in [0.05, 0.1) is 25.7 Å². The summed E-state index contributed by atoms with van der Waals surface area (Å²) in [6.07, 6.45) is 0.325. The molecule has 0 aliphatic heterocycles. The molecule has 0 heterocycles. The number of ether oxygens (including phenoxy) is 3. The molecule has 9 heteroatoms. The highest BCUT2D eigenvalue weighted by Gasteiger charge is 2.13. The quantitative estimate of drug-likeness (QED) is 0.211. The summed E-state index contributed by atoms with van der Waals surface area (Å²) in [6.45, 7) is 5.71. The van der Waals surface area contributed by atoms with Crippen molar-refractivity contribution in [2.75, 3.05) is 33.4 Å². The minimum atomic E-state index is -0.783. The Morgan fingerprint density at radius 1 is 1.08 bits per heavy atom. The third-order valence-electron chi connectivity index (χ3n) is 2.76. The van der Waals surface area contributed by atoms with E-state index in [1.807, 2.05) is 0 Å². The number of nitrogens with zero attached hydrogens (tertiary/aromatic N) is 1. The minimum Gasteiger partial charge on any atom is -0.465 e. The molecule has 24 heavy (non-hydrogen) atoms. The number of likely N-dealkylation sites (N-methyl/N-ethyl adjacent to an activating group) is 1. The van der Waals surface area contributed by atoms with Crippen molar-refractivity contribution < 1.29 is 28.6 Å². The number of nitrogens with one attached hydrogen (secondary N) is 2. The van der Waals surface area contributed by atoms with Gasteiger partial charge < -0.3 is 19.1 Å². The van der Waals surface area contributed by atoms with Crippen molar-refractivity contribution in [3.8, 4) is 0 Å². The second-order valence-electron chi connectivity index (χ2n) is 5.30. The molecule has 0 bridgehead atoms. The molecule has 9 nitrogen and oxygen atoms in total. The van der Waals surface area contributed by atoms with Crippen LogP contribution in [0.1, 0.15) is 33.6 Å². The Morgan fingerprint density at radius 3 is 2.21 bits per heavy atom. The molecule has 0 fully saturated rings. The van der Waals surface area contributed by atoms with Crippen LogP contribution in [0.25, 0.3) is 0 Å². The largest absolute Gasteiger partial charge is 0.465 e. The monoisotopic (exact) mass is 345 g/mol. The molecule has 0 atom stereocenters. The molecule has 0 spiro atoms. The lowest BCUT2D eigenvalue weighted by Crippen LogP contribution is -2.44. The summed E-state index contributed by atoms with van der Waals surface area (Å²) in [6, 6.07) is 0.